The number of aromatic nitrogens is 4. The number of fused-ring (bicyclic) bond motifs is 1. The van der Waals surface area contributed by atoms with Gasteiger partial charge in [0, 0.05) is 0 Å². The summed E-state index contributed by atoms with van der Waals surface area (Å²) in [6, 6.07) is 2.81. The Bertz CT molecular complexity index is 593. The maximum atomic E-state index is 11.2. The fourth-order valence-corrected chi connectivity index (χ4v) is 1.84. The highest BCUT2D eigenvalue weighted by Gasteiger charge is 2.19. The van der Waals surface area contributed by atoms with E-state index in [1.807, 2.05) is 13.8 Å². The summed E-state index contributed by atoms with van der Waals surface area (Å²) in [5.41, 5.74) is 0.638. The molecule has 0 spiro atoms. The van der Waals surface area contributed by atoms with E-state index >= 15 is 0 Å². The van der Waals surface area contributed by atoms with Crippen molar-refractivity contribution in [2.24, 2.45) is 5.92 Å². The van der Waals surface area contributed by atoms with Gasteiger partial charge in [-0.15, -0.1) is 15.3 Å². The zero-order valence-electron chi connectivity index (χ0n) is 11.2. The zero-order valence-corrected chi connectivity index (χ0v) is 11.2. The molecule has 0 bridgehead atoms. The molecule has 7 nitrogen and oxygen atoms in total. The highest BCUT2D eigenvalue weighted by Crippen LogP contribution is 2.12. The molecule has 7 heteroatoms. The summed E-state index contributed by atoms with van der Waals surface area (Å²) >= 11 is 0. The van der Waals surface area contributed by atoms with Crippen LogP contribution in [0.25, 0.3) is 5.65 Å². The van der Waals surface area contributed by atoms with E-state index < -0.39 is 12.0 Å². The first kappa shape index (κ1) is 13.3. The molecule has 0 aliphatic rings. The molecular weight excluding hydrogens is 246 g/mol. The standard InChI is InChI=1S/C12H17N5O2/c1-7(2)6-9(12(18)19)13-10-4-5-11-15-14-8(3)17(11)16-10/h4-5,7,9H,6H2,1-3H3,(H,13,16)(H,18,19)/t9-/m1/s1. The maximum Gasteiger partial charge on any atom is 0.326 e. The van der Waals surface area contributed by atoms with E-state index in [0.717, 1.165) is 0 Å². The van der Waals surface area contributed by atoms with Gasteiger partial charge in [-0.1, -0.05) is 13.8 Å². The number of nitrogens with one attached hydrogen (secondary N) is 1. The van der Waals surface area contributed by atoms with Crippen LogP contribution in [0.1, 0.15) is 26.1 Å². The molecule has 2 N–H and O–H groups in total. The van der Waals surface area contributed by atoms with Gasteiger partial charge in [0.25, 0.3) is 0 Å². The van der Waals surface area contributed by atoms with Crippen LogP contribution in [0.2, 0.25) is 0 Å². The minimum atomic E-state index is -0.879. The molecular formula is C12H17N5O2. The lowest BCUT2D eigenvalue weighted by Crippen LogP contribution is -2.31. The van der Waals surface area contributed by atoms with Gasteiger partial charge in [-0.25, -0.2) is 4.79 Å². The van der Waals surface area contributed by atoms with Crippen LogP contribution < -0.4 is 5.32 Å². The van der Waals surface area contributed by atoms with Crippen molar-refractivity contribution in [3.05, 3.63) is 18.0 Å². The molecule has 2 heterocycles. The summed E-state index contributed by atoms with van der Waals surface area (Å²) < 4.78 is 1.58. The fraction of sp³-hybridized carbons (Fsp3) is 0.500. The van der Waals surface area contributed by atoms with Crippen LogP contribution >= 0.6 is 0 Å². The van der Waals surface area contributed by atoms with Crippen molar-refractivity contribution < 1.29 is 9.90 Å². The average molecular weight is 263 g/mol. The Hall–Kier alpha value is -2.18. The van der Waals surface area contributed by atoms with E-state index in [-0.39, 0.29) is 5.92 Å². The van der Waals surface area contributed by atoms with Crippen LogP contribution in [0, 0.1) is 12.8 Å². The Labute approximate surface area is 110 Å². The number of rotatable bonds is 5. The summed E-state index contributed by atoms with van der Waals surface area (Å²) in [5.74, 6) is 0.572. The Balaban J connectivity index is 2.23. The van der Waals surface area contributed by atoms with Gasteiger partial charge in [0.15, 0.2) is 11.5 Å². The average Bonchev–Trinajstić information content (AvgIpc) is 2.69. The first-order valence-electron chi connectivity index (χ1n) is 6.15. The van der Waals surface area contributed by atoms with E-state index in [1.165, 1.54) is 0 Å². The predicted octanol–water partition coefficient (Wildman–Crippen LogP) is 1.34. The van der Waals surface area contributed by atoms with E-state index in [4.69, 9.17) is 0 Å². The number of aliphatic carboxylic acids is 1. The van der Waals surface area contributed by atoms with Crippen molar-refractivity contribution in [2.45, 2.75) is 33.2 Å². The molecule has 0 saturated heterocycles. The Morgan fingerprint density at radius 3 is 2.79 bits per heavy atom. The van der Waals surface area contributed by atoms with Crippen LogP contribution in [-0.2, 0) is 4.79 Å². The van der Waals surface area contributed by atoms with Crippen LogP contribution in [0.3, 0.4) is 0 Å². The normalized spacial score (nSPS) is 12.8. The highest BCUT2D eigenvalue weighted by atomic mass is 16.4. The van der Waals surface area contributed by atoms with Crippen molar-refractivity contribution >= 4 is 17.4 Å². The summed E-state index contributed by atoms with van der Waals surface area (Å²) in [4.78, 5) is 11.2. The number of hydrogen-bond donors (Lipinski definition) is 2. The van der Waals surface area contributed by atoms with Crippen molar-refractivity contribution in [1.29, 1.82) is 0 Å². The molecule has 19 heavy (non-hydrogen) atoms. The quantitative estimate of drug-likeness (QED) is 0.845. The van der Waals surface area contributed by atoms with Gasteiger partial charge in [0.2, 0.25) is 0 Å². The second-order valence-electron chi connectivity index (χ2n) is 4.90. The van der Waals surface area contributed by atoms with Gasteiger partial charge in [0.05, 0.1) is 0 Å². The summed E-state index contributed by atoms with van der Waals surface area (Å²) in [6.45, 7) is 5.76. The molecule has 102 valence electrons. The van der Waals surface area contributed by atoms with Crippen LogP contribution in [0.15, 0.2) is 12.1 Å². The minimum absolute atomic E-state index is 0.286. The van der Waals surface area contributed by atoms with E-state index in [2.05, 4.69) is 20.6 Å². The first-order valence-corrected chi connectivity index (χ1v) is 6.15. The van der Waals surface area contributed by atoms with Crippen LogP contribution in [0.5, 0.6) is 0 Å². The predicted molar refractivity (Wildman–Crippen MR) is 70.0 cm³/mol. The second kappa shape index (κ2) is 5.21. The largest absolute Gasteiger partial charge is 0.480 e. The third kappa shape index (κ3) is 2.98. The first-order chi connectivity index (χ1) is 8.97. The second-order valence-corrected chi connectivity index (χ2v) is 4.90. The van der Waals surface area contributed by atoms with Crippen LogP contribution in [0.4, 0.5) is 5.82 Å². The Morgan fingerprint density at radius 2 is 2.16 bits per heavy atom. The molecule has 0 aliphatic heterocycles. The molecule has 2 rings (SSSR count). The molecule has 0 fully saturated rings. The molecule has 0 unspecified atom stereocenters. The number of carboxylic acid groups (broad SMARTS) is 1. The zero-order chi connectivity index (χ0) is 14.0. The maximum absolute atomic E-state index is 11.2. The van der Waals surface area contributed by atoms with Crippen LogP contribution in [-0.4, -0.2) is 36.9 Å². The number of nitrogens with zero attached hydrogens (tertiary/aromatic N) is 4. The molecule has 0 aromatic carbocycles. The van der Waals surface area contributed by atoms with Gasteiger partial charge >= 0.3 is 5.97 Å². The number of anilines is 1. The van der Waals surface area contributed by atoms with Crippen molar-refractivity contribution in [3.63, 3.8) is 0 Å². The summed E-state index contributed by atoms with van der Waals surface area (Å²) in [5, 5.41) is 24.2. The van der Waals surface area contributed by atoms with Gasteiger partial charge in [0.1, 0.15) is 11.9 Å². The van der Waals surface area contributed by atoms with Gasteiger partial charge in [-0.05, 0) is 31.4 Å². The number of carboxylic acids is 1. The van der Waals surface area contributed by atoms with Gasteiger partial charge in [-0.2, -0.15) is 4.52 Å². The van der Waals surface area contributed by atoms with Gasteiger partial charge in [-0.3, -0.25) is 0 Å². The fourth-order valence-electron chi connectivity index (χ4n) is 1.84. The molecule has 2 aromatic rings. The smallest absolute Gasteiger partial charge is 0.326 e. The van der Waals surface area contributed by atoms with E-state index in [0.29, 0.717) is 23.7 Å². The summed E-state index contributed by atoms with van der Waals surface area (Å²) in [6.07, 6.45) is 0.538. The lowest BCUT2D eigenvalue weighted by Gasteiger charge is -2.16. The SMILES string of the molecule is Cc1nnc2ccc(N[C@H](CC(C)C)C(=O)O)nn12. The lowest BCUT2D eigenvalue weighted by molar-refractivity contribution is -0.138. The number of carbonyl (C=O) groups is 1. The Kier molecular flexibility index (Phi) is 3.64. The van der Waals surface area contributed by atoms with E-state index in [1.54, 1.807) is 23.6 Å². The molecule has 0 aliphatic carbocycles. The third-order valence-corrected chi connectivity index (χ3v) is 2.75. The van der Waals surface area contributed by atoms with E-state index in [9.17, 15) is 9.90 Å². The van der Waals surface area contributed by atoms with Gasteiger partial charge < -0.3 is 10.4 Å². The molecule has 0 saturated carbocycles. The molecule has 0 radical (unpaired) electrons. The number of hydrogen-bond acceptors (Lipinski definition) is 5. The molecule has 1 atom stereocenters. The Morgan fingerprint density at radius 1 is 1.42 bits per heavy atom. The van der Waals surface area contributed by atoms with Crippen molar-refractivity contribution in [2.75, 3.05) is 5.32 Å². The number of aryl methyl sites for hydroxylation is 1. The summed E-state index contributed by atoms with van der Waals surface area (Å²) in [7, 11) is 0. The third-order valence-electron chi connectivity index (χ3n) is 2.75. The highest BCUT2D eigenvalue weighted by molar-refractivity contribution is 5.76. The topological polar surface area (TPSA) is 92.4 Å². The lowest BCUT2D eigenvalue weighted by atomic mass is 10.0. The molecule has 0 amide bonds. The monoisotopic (exact) mass is 263 g/mol. The van der Waals surface area contributed by atoms with Crippen molar-refractivity contribution in [3.8, 4) is 0 Å². The van der Waals surface area contributed by atoms with Crippen molar-refractivity contribution in [1.82, 2.24) is 19.8 Å². The minimum Gasteiger partial charge on any atom is -0.480 e. The molecule has 2 aromatic heterocycles.